The first-order valence-electron chi connectivity index (χ1n) is 8.03. The fourth-order valence-electron chi connectivity index (χ4n) is 2.57. The standard InChI is InChI=1S/C19H19N3O3S/c1-22(2)26(24,25)16-10-8-14(9-11-16)13-18(23)21-17-7-3-5-15-6-4-12-20-19(15)17/h3-12H,13H2,1-2H3,(H,21,23). The average molecular weight is 369 g/mol. The molecule has 2 aromatic carbocycles. The van der Waals surface area contributed by atoms with Crippen molar-refractivity contribution in [2.24, 2.45) is 0 Å². The van der Waals surface area contributed by atoms with Gasteiger partial charge < -0.3 is 5.32 Å². The molecular formula is C19H19N3O3S. The van der Waals surface area contributed by atoms with E-state index in [-0.39, 0.29) is 17.2 Å². The number of carbonyl (C=O) groups excluding carboxylic acids is 1. The zero-order valence-corrected chi connectivity index (χ0v) is 15.3. The van der Waals surface area contributed by atoms with Crippen LogP contribution >= 0.6 is 0 Å². The number of anilines is 1. The molecule has 0 saturated carbocycles. The number of hydrogen-bond donors (Lipinski definition) is 1. The van der Waals surface area contributed by atoms with E-state index >= 15 is 0 Å². The monoisotopic (exact) mass is 369 g/mol. The van der Waals surface area contributed by atoms with E-state index in [9.17, 15) is 13.2 Å². The van der Waals surface area contributed by atoms with Gasteiger partial charge in [-0.25, -0.2) is 12.7 Å². The molecule has 0 saturated heterocycles. The van der Waals surface area contributed by atoms with Gasteiger partial charge in [-0.3, -0.25) is 9.78 Å². The predicted octanol–water partition coefficient (Wildman–Crippen LogP) is 2.67. The van der Waals surface area contributed by atoms with Crippen molar-refractivity contribution in [1.29, 1.82) is 0 Å². The summed E-state index contributed by atoms with van der Waals surface area (Å²) >= 11 is 0. The molecule has 0 atom stereocenters. The van der Waals surface area contributed by atoms with Crippen molar-refractivity contribution < 1.29 is 13.2 Å². The number of para-hydroxylation sites is 1. The fourth-order valence-corrected chi connectivity index (χ4v) is 3.48. The van der Waals surface area contributed by atoms with Crippen molar-refractivity contribution in [3.05, 3.63) is 66.4 Å². The molecule has 0 unspecified atom stereocenters. The van der Waals surface area contributed by atoms with Crippen LogP contribution in [0.5, 0.6) is 0 Å². The van der Waals surface area contributed by atoms with Gasteiger partial charge in [0.05, 0.1) is 22.5 Å². The molecule has 0 fully saturated rings. The SMILES string of the molecule is CN(C)S(=O)(=O)c1ccc(CC(=O)Nc2cccc3cccnc23)cc1. The normalized spacial score (nSPS) is 11.7. The average Bonchev–Trinajstić information content (AvgIpc) is 2.62. The molecule has 3 aromatic rings. The molecule has 0 aliphatic carbocycles. The van der Waals surface area contributed by atoms with Gasteiger partial charge in [0.2, 0.25) is 15.9 Å². The Balaban J connectivity index is 1.74. The Morgan fingerprint density at radius 2 is 1.73 bits per heavy atom. The van der Waals surface area contributed by atoms with E-state index in [0.29, 0.717) is 5.69 Å². The Bertz CT molecular complexity index is 1040. The Labute approximate surface area is 152 Å². The second kappa shape index (κ2) is 7.23. The first-order chi connectivity index (χ1) is 12.4. The fraction of sp³-hybridized carbons (Fsp3) is 0.158. The molecule has 7 heteroatoms. The number of carbonyl (C=O) groups is 1. The number of rotatable bonds is 5. The van der Waals surface area contributed by atoms with Gasteiger partial charge in [0.1, 0.15) is 0 Å². The molecule has 134 valence electrons. The smallest absolute Gasteiger partial charge is 0.242 e. The number of aromatic nitrogens is 1. The van der Waals surface area contributed by atoms with Crippen molar-refractivity contribution in [1.82, 2.24) is 9.29 Å². The van der Waals surface area contributed by atoms with Gasteiger partial charge in [0.15, 0.2) is 0 Å². The van der Waals surface area contributed by atoms with Crippen molar-refractivity contribution in [3.8, 4) is 0 Å². The molecule has 1 heterocycles. The largest absolute Gasteiger partial charge is 0.324 e. The van der Waals surface area contributed by atoms with Crippen LogP contribution in [0.15, 0.2) is 65.7 Å². The molecule has 26 heavy (non-hydrogen) atoms. The van der Waals surface area contributed by atoms with Crippen molar-refractivity contribution in [2.75, 3.05) is 19.4 Å². The highest BCUT2D eigenvalue weighted by Crippen LogP contribution is 2.21. The summed E-state index contributed by atoms with van der Waals surface area (Å²) in [6.45, 7) is 0. The number of fused-ring (bicyclic) bond motifs is 1. The molecule has 1 amide bonds. The third kappa shape index (κ3) is 3.74. The van der Waals surface area contributed by atoms with Gasteiger partial charge in [0.25, 0.3) is 0 Å². The summed E-state index contributed by atoms with van der Waals surface area (Å²) in [6, 6.07) is 15.7. The molecule has 3 rings (SSSR count). The van der Waals surface area contributed by atoms with Crippen molar-refractivity contribution in [2.45, 2.75) is 11.3 Å². The lowest BCUT2D eigenvalue weighted by atomic mass is 10.1. The number of benzene rings is 2. The zero-order valence-electron chi connectivity index (χ0n) is 14.5. The van der Waals surface area contributed by atoms with Gasteiger partial charge in [-0.05, 0) is 29.8 Å². The minimum absolute atomic E-state index is 0.144. The number of pyridine rings is 1. The van der Waals surface area contributed by atoms with Crippen molar-refractivity contribution >= 4 is 32.5 Å². The van der Waals surface area contributed by atoms with Crippen molar-refractivity contribution in [3.63, 3.8) is 0 Å². The summed E-state index contributed by atoms with van der Waals surface area (Å²) in [7, 11) is -0.508. The lowest BCUT2D eigenvalue weighted by molar-refractivity contribution is -0.115. The maximum Gasteiger partial charge on any atom is 0.242 e. The van der Waals surface area contributed by atoms with Crippen LogP contribution in [0.3, 0.4) is 0 Å². The summed E-state index contributed by atoms with van der Waals surface area (Å²) in [5.74, 6) is -0.189. The molecule has 0 bridgehead atoms. The second-order valence-electron chi connectivity index (χ2n) is 6.04. The molecule has 0 spiro atoms. The van der Waals surface area contributed by atoms with E-state index in [4.69, 9.17) is 0 Å². The Kier molecular flexibility index (Phi) is 5.01. The van der Waals surface area contributed by atoms with E-state index in [2.05, 4.69) is 10.3 Å². The molecule has 1 aromatic heterocycles. The van der Waals surface area contributed by atoms with E-state index in [1.807, 2.05) is 24.3 Å². The maximum atomic E-state index is 12.4. The minimum Gasteiger partial charge on any atom is -0.324 e. The highest BCUT2D eigenvalue weighted by Gasteiger charge is 2.17. The quantitative estimate of drug-likeness (QED) is 0.750. The van der Waals surface area contributed by atoms with E-state index < -0.39 is 10.0 Å². The molecule has 0 radical (unpaired) electrons. The third-order valence-corrected chi connectivity index (χ3v) is 5.80. The summed E-state index contributed by atoms with van der Waals surface area (Å²) in [5.41, 5.74) is 2.11. The number of amides is 1. The number of nitrogens with zero attached hydrogens (tertiary/aromatic N) is 2. The molecule has 1 N–H and O–H groups in total. The molecule has 0 aliphatic rings. The lowest BCUT2D eigenvalue weighted by Crippen LogP contribution is -2.22. The molecule has 6 nitrogen and oxygen atoms in total. The number of nitrogens with one attached hydrogen (secondary N) is 1. The highest BCUT2D eigenvalue weighted by molar-refractivity contribution is 7.89. The topological polar surface area (TPSA) is 79.4 Å². The Morgan fingerprint density at radius 3 is 2.42 bits per heavy atom. The van der Waals surface area contributed by atoms with Crippen LogP contribution in [0.2, 0.25) is 0 Å². The summed E-state index contributed by atoms with van der Waals surface area (Å²) < 4.78 is 25.3. The van der Waals surface area contributed by atoms with E-state index in [0.717, 1.165) is 20.8 Å². The first-order valence-corrected chi connectivity index (χ1v) is 9.47. The van der Waals surface area contributed by atoms with Gasteiger partial charge in [-0.15, -0.1) is 0 Å². The van der Waals surface area contributed by atoms with Gasteiger partial charge in [-0.1, -0.05) is 30.3 Å². The number of hydrogen-bond acceptors (Lipinski definition) is 4. The maximum absolute atomic E-state index is 12.4. The third-order valence-electron chi connectivity index (χ3n) is 3.97. The predicted molar refractivity (Wildman–Crippen MR) is 101 cm³/mol. The van der Waals surface area contributed by atoms with Gasteiger partial charge in [-0.2, -0.15) is 0 Å². The Hall–Kier alpha value is -2.77. The minimum atomic E-state index is -3.47. The zero-order chi connectivity index (χ0) is 18.7. The summed E-state index contributed by atoms with van der Waals surface area (Å²) in [6.07, 6.45) is 1.83. The van der Waals surface area contributed by atoms with E-state index in [1.165, 1.54) is 26.2 Å². The van der Waals surface area contributed by atoms with Crippen LogP contribution in [-0.2, 0) is 21.2 Å². The van der Waals surface area contributed by atoms with Crippen LogP contribution < -0.4 is 5.32 Å². The second-order valence-corrected chi connectivity index (χ2v) is 8.19. The number of sulfonamides is 1. The van der Waals surface area contributed by atoms with Crippen LogP contribution in [0, 0.1) is 0 Å². The first kappa shape index (κ1) is 18.0. The summed E-state index contributed by atoms with van der Waals surface area (Å²) in [4.78, 5) is 16.9. The van der Waals surface area contributed by atoms with E-state index in [1.54, 1.807) is 24.4 Å². The lowest BCUT2D eigenvalue weighted by Gasteiger charge is -2.12. The van der Waals surface area contributed by atoms with Crippen LogP contribution in [0.4, 0.5) is 5.69 Å². The van der Waals surface area contributed by atoms with Crippen LogP contribution in [-0.4, -0.2) is 37.7 Å². The summed E-state index contributed by atoms with van der Waals surface area (Å²) in [5, 5.41) is 3.82. The van der Waals surface area contributed by atoms with Crippen LogP contribution in [0.25, 0.3) is 10.9 Å². The highest BCUT2D eigenvalue weighted by atomic mass is 32.2. The molecule has 0 aliphatic heterocycles. The molecular weight excluding hydrogens is 350 g/mol. The van der Waals surface area contributed by atoms with Crippen LogP contribution in [0.1, 0.15) is 5.56 Å². The Morgan fingerprint density at radius 1 is 1.04 bits per heavy atom. The van der Waals surface area contributed by atoms with Gasteiger partial charge in [0, 0.05) is 25.7 Å². The van der Waals surface area contributed by atoms with Gasteiger partial charge >= 0.3 is 0 Å².